The Hall–Kier alpha value is -4.47. The number of allylic oxidation sites excluding steroid dienone is 6. The third kappa shape index (κ3) is 4.53. The molecular formula is C44H33F3O4S2. The van der Waals surface area contributed by atoms with Crippen LogP contribution in [0.2, 0.25) is 0 Å². The van der Waals surface area contributed by atoms with Crippen molar-refractivity contribution in [3.63, 3.8) is 0 Å². The summed E-state index contributed by atoms with van der Waals surface area (Å²) in [7, 11) is 0. The van der Waals surface area contributed by atoms with Crippen molar-refractivity contribution in [2.75, 3.05) is 0 Å². The highest BCUT2D eigenvalue weighted by Crippen LogP contribution is 2.63. The summed E-state index contributed by atoms with van der Waals surface area (Å²) >= 11 is 3.53. The Balaban J connectivity index is 1.12. The van der Waals surface area contributed by atoms with Crippen LogP contribution in [-0.4, -0.2) is 23.1 Å². The van der Waals surface area contributed by atoms with E-state index in [2.05, 4.69) is 12.2 Å². The van der Waals surface area contributed by atoms with Crippen molar-refractivity contribution >= 4 is 78.5 Å². The van der Waals surface area contributed by atoms with Crippen LogP contribution in [0.4, 0.5) is 13.2 Å². The molecule has 0 bridgehead atoms. The standard InChI is InChI=1S/C44H33F3O4S2/c1-22-8-10-26-28(16-22)30(38(50)36(26)48)18-24-20-32-34(42(24)12-4-2-5-13-42)40-41(52-32)35-33(53-40)21-25(43(35)14-6-3-7-15-43)19-31-29-17-23(44(45,46)47)9-11-27(29)37(49)39(31)51/h8-11,16-21H,2-7,12-15H2,1H3/b30-18-,31-19-. The van der Waals surface area contributed by atoms with Crippen LogP contribution in [0.25, 0.3) is 32.7 Å². The van der Waals surface area contributed by atoms with E-state index >= 15 is 0 Å². The molecule has 2 saturated carbocycles. The molecule has 0 atom stereocenters. The highest BCUT2D eigenvalue weighted by atomic mass is 32.1. The normalized spacial score (nSPS) is 22.7. The smallest absolute Gasteiger partial charge is 0.285 e. The van der Waals surface area contributed by atoms with Crippen LogP contribution in [0.5, 0.6) is 0 Å². The fourth-order valence-corrected chi connectivity index (χ4v) is 13.4. The van der Waals surface area contributed by atoms with Gasteiger partial charge in [0.2, 0.25) is 23.1 Å². The number of benzene rings is 2. The summed E-state index contributed by atoms with van der Waals surface area (Å²) in [4.78, 5) is 55.1. The lowest BCUT2D eigenvalue weighted by Crippen LogP contribution is -2.29. The molecule has 9 heteroatoms. The van der Waals surface area contributed by atoms with E-state index in [-0.39, 0.29) is 22.1 Å². The van der Waals surface area contributed by atoms with Gasteiger partial charge in [-0.1, -0.05) is 62.3 Å². The highest BCUT2D eigenvalue weighted by Gasteiger charge is 2.50. The summed E-state index contributed by atoms with van der Waals surface area (Å²) < 4.78 is 43.7. The third-order valence-corrected chi connectivity index (χ3v) is 15.2. The Morgan fingerprint density at radius 2 is 1.04 bits per heavy atom. The first-order valence-corrected chi connectivity index (χ1v) is 20.0. The largest absolute Gasteiger partial charge is 0.416 e. The monoisotopic (exact) mass is 746 g/mol. The van der Waals surface area contributed by atoms with Gasteiger partial charge in [0.25, 0.3) is 0 Å². The summed E-state index contributed by atoms with van der Waals surface area (Å²) in [6.07, 6.45) is 13.5. The molecule has 0 radical (unpaired) electrons. The quantitative estimate of drug-likeness (QED) is 0.151. The molecule has 4 aromatic rings. The molecule has 0 amide bonds. The number of Topliss-reactive ketones (excluding diaryl/α,β-unsaturated/α-hetero) is 4. The molecule has 2 aromatic heterocycles. The van der Waals surface area contributed by atoms with Crippen molar-refractivity contribution in [3.8, 4) is 0 Å². The van der Waals surface area contributed by atoms with Crippen LogP contribution in [0.1, 0.15) is 128 Å². The summed E-state index contributed by atoms with van der Waals surface area (Å²) in [5.41, 5.74) is 5.84. The molecule has 2 aromatic carbocycles. The van der Waals surface area contributed by atoms with Crippen LogP contribution in [-0.2, 0) is 26.6 Å². The molecule has 266 valence electrons. The average molecular weight is 747 g/mol. The van der Waals surface area contributed by atoms with E-state index in [1.807, 2.05) is 25.1 Å². The molecule has 0 unspecified atom stereocenters. The van der Waals surface area contributed by atoms with Gasteiger partial charge in [-0.2, -0.15) is 13.2 Å². The van der Waals surface area contributed by atoms with Crippen LogP contribution < -0.4 is 0 Å². The Morgan fingerprint density at radius 3 is 1.51 bits per heavy atom. The van der Waals surface area contributed by atoms with E-state index in [9.17, 15) is 32.3 Å². The van der Waals surface area contributed by atoms with E-state index < -0.39 is 40.3 Å². The van der Waals surface area contributed by atoms with E-state index in [0.29, 0.717) is 16.7 Å². The lowest BCUT2D eigenvalue weighted by atomic mass is 9.66. The van der Waals surface area contributed by atoms with Crippen LogP contribution >= 0.6 is 22.7 Å². The average Bonchev–Trinajstić information content (AvgIpc) is 3.92. The molecular weight excluding hydrogens is 714 g/mol. The highest BCUT2D eigenvalue weighted by molar-refractivity contribution is 7.29. The van der Waals surface area contributed by atoms with Crippen molar-refractivity contribution in [2.45, 2.75) is 88.1 Å². The molecule has 6 aliphatic carbocycles. The molecule has 10 rings (SSSR count). The van der Waals surface area contributed by atoms with Gasteiger partial charge in [-0.3, -0.25) is 19.2 Å². The fourth-order valence-electron chi connectivity index (χ4n) is 10.2. The first-order valence-electron chi connectivity index (χ1n) is 18.4. The molecule has 2 heterocycles. The van der Waals surface area contributed by atoms with E-state index in [4.69, 9.17) is 0 Å². The predicted molar refractivity (Wildman–Crippen MR) is 202 cm³/mol. The minimum atomic E-state index is -4.60. The zero-order valence-electron chi connectivity index (χ0n) is 28.9. The van der Waals surface area contributed by atoms with Crippen molar-refractivity contribution in [1.82, 2.24) is 0 Å². The third-order valence-electron chi connectivity index (χ3n) is 12.7. The van der Waals surface area contributed by atoms with Crippen molar-refractivity contribution < 1.29 is 32.3 Å². The number of thiophene rings is 2. The molecule has 53 heavy (non-hydrogen) atoms. The van der Waals surface area contributed by atoms with E-state index in [1.54, 1.807) is 34.8 Å². The zero-order chi connectivity index (χ0) is 36.6. The Bertz CT molecular complexity index is 2540. The fraction of sp³-hybridized carbons (Fsp3) is 0.318. The SMILES string of the molecule is Cc1ccc2c(c1)/C(=C/C1=Cc3sc4c5c(sc4c3C13CCCCC3)C=C(/C=C1\C(=O)C(=O)c3ccc(C(F)(F)F)cc31)C51CCCCC1)C(=O)C2=O. The number of aryl methyl sites for hydroxylation is 1. The number of carbonyl (C=O) groups excluding carboxylic acids is 4. The van der Waals surface area contributed by atoms with Crippen molar-refractivity contribution in [3.05, 3.63) is 114 Å². The van der Waals surface area contributed by atoms with Gasteiger partial charge in [0.1, 0.15) is 0 Å². The first-order chi connectivity index (χ1) is 25.4. The van der Waals surface area contributed by atoms with Gasteiger partial charge in [-0.05, 0) is 109 Å². The second kappa shape index (κ2) is 11.3. The maximum absolute atomic E-state index is 13.8. The van der Waals surface area contributed by atoms with E-state index in [0.717, 1.165) is 104 Å². The van der Waals surface area contributed by atoms with Crippen molar-refractivity contribution in [2.24, 2.45) is 0 Å². The van der Waals surface area contributed by atoms with Gasteiger partial charge in [0.05, 0.1) is 15.0 Å². The van der Waals surface area contributed by atoms with Gasteiger partial charge in [0.15, 0.2) is 0 Å². The molecule has 2 fully saturated rings. The molecule has 2 spiro atoms. The minimum Gasteiger partial charge on any atom is -0.285 e. The Morgan fingerprint density at radius 1 is 0.585 bits per heavy atom. The summed E-state index contributed by atoms with van der Waals surface area (Å²) in [6, 6.07) is 8.52. The Kier molecular flexibility index (Phi) is 7.05. The molecule has 4 nitrogen and oxygen atoms in total. The number of halogens is 3. The molecule has 0 saturated heterocycles. The number of hydrogen-bond acceptors (Lipinski definition) is 6. The second-order valence-electron chi connectivity index (χ2n) is 15.6. The van der Waals surface area contributed by atoms with Gasteiger partial charge in [-0.25, -0.2) is 0 Å². The maximum Gasteiger partial charge on any atom is 0.416 e. The topological polar surface area (TPSA) is 68.3 Å². The number of ketones is 4. The Labute approximate surface area is 311 Å². The number of hydrogen-bond donors (Lipinski definition) is 0. The van der Waals surface area contributed by atoms with Crippen LogP contribution in [0, 0.1) is 6.92 Å². The van der Waals surface area contributed by atoms with Crippen molar-refractivity contribution in [1.29, 1.82) is 0 Å². The first kappa shape index (κ1) is 33.1. The van der Waals surface area contributed by atoms with E-state index in [1.165, 1.54) is 25.4 Å². The maximum atomic E-state index is 13.8. The summed E-state index contributed by atoms with van der Waals surface area (Å²) in [6.45, 7) is 1.97. The molecule has 6 aliphatic rings. The lowest BCUT2D eigenvalue weighted by Gasteiger charge is -2.37. The minimum absolute atomic E-state index is 0.0232. The number of alkyl halides is 3. The zero-order valence-corrected chi connectivity index (χ0v) is 30.6. The van der Waals surface area contributed by atoms with Gasteiger partial charge in [-0.15, -0.1) is 22.7 Å². The second-order valence-corrected chi connectivity index (χ2v) is 17.7. The lowest BCUT2D eigenvalue weighted by molar-refractivity contribution is -0.137. The number of carbonyl (C=O) groups is 4. The predicted octanol–water partition coefficient (Wildman–Crippen LogP) is 11.2. The summed E-state index contributed by atoms with van der Waals surface area (Å²) in [5, 5.41) is 0. The number of rotatable bonds is 2. The van der Waals surface area contributed by atoms with Gasteiger partial charge in [0, 0.05) is 42.9 Å². The summed E-state index contributed by atoms with van der Waals surface area (Å²) in [5.74, 6) is -2.41. The van der Waals surface area contributed by atoms with Crippen LogP contribution in [0.3, 0.4) is 0 Å². The molecule has 0 aliphatic heterocycles. The number of fused-ring (bicyclic) bond motifs is 9. The van der Waals surface area contributed by atoms with Gasteiger partial charge >= 0.3 is 6.18 Å². The molecule has 0 N–H and O–H groups in total. The van der Waals surface area contributed by atoms with Crippen LogP contribution in [0.15, 0.2) is 59.7 Å². The van der Waals surface area contributed by atoms with Gasteiger partial charge < -0.3 is 0 Å².